The number of amides is 1. The highest BCUT2D eigenvalue weighted by Gasteiger charge is 2.22. The first-order valence-corrected chi connectivity index (χ1v) is 20.2. The smallest absolute Gasteiger partial charge is 0.415 e. The molecular formula is C51H46ClF2N3O6. The molecule has 0 saturated heterocycles. The molecule has 322 valence electrons. The Kier molecular flexibility index (Phi) is 18.7. The number of esters is 1. The number of nitrogens with one attached hydrogen (secondary N) is 1. The van der Waals surface area contributed by atoms with Crippen molar-refractivity contribution >= 4 is 46.2 Å². The lowest BCUT2D eigenvalue weighted by Gasteiger charge is -2.23. The van der Waals surface area contributed by atoms with Crippen molar-refractivity contribution in [2.24, 2.45) is 0 Å². The lowest BCUT2D eigenvalue weighted by molar-refractivity contribution is -0.144. The summed E-state index contributed by atoms with van der Waals surface area (Å²) >= 11 is 4.97. The Balaban J connectivity index is 0.000000225. The Morgan fingerprint density at radius 2 is 1.00 bits per heavy atom. The van der Waals surface area contributed by atoms with Crippen molar-refractivity contribution in [1.82, 2.24) is 0 Å². The monoisotopic (exact) mass is 869 g/mol. The van der Waals surface area contributed by atoms with Gasteiger partial charge in [0.2, 0.25) is 0 Å². The minimum absolute atomic E-state index is 0.0674. The van der Waals surface area contributed by atoms with Gasteiger partial charge in [0, 0.05) is 23.8 Å². The fourth-order valence-electron chi connectivity index (χ4n) is 5.83. The van der Waals surface area contributed by atoms with E-state index in [2.05, 4.69) is 10.1 Å². The number of hydrogen-bond acceptors (Lipinski definition) is 8. The summed E-state index contributed by atoms with van der Waals surface area (Å²) in [5.74, 6) is -1.42. The fourth-order valence-corrected chi connectivity index (χ4v) is 5.88. The summed E-state index contributed by atoms with van der Waals surface area (Å²) in [5.41, 5.74) is 10.7. The first-order chi connectivity index (χ1) is 30.6. The van der Waals surface area contributed by atoms with Crippen LogP contribution in [-0.4, -0.2) is 17.5 Å². The molecule has 9 nitrogen and oxygen atoms in total. The van der Waals surface area contributed by atoms with Gasteiger partial charge in [-0.3, -0.25) is 9.69 Å². The van der Waals surface area contributed by atoms with E-state index in [9.17, 15) is 18.8 Å². The average Bonchev–Trinajstić information content (AvgIpc) is 3.31. The van der Waals surface area contributed by atoms with Crippen LogP contribution >= 0.6 is 11.6 Å². The average molecular weight is 870 g/mol. The molecule has 1 amide bonds. The van der Waals surface area contributed by atoms with Crippen LogP contribution in [0.25, 0.3) is 0 Å². The number of rotatable bonds is 14. The van der Waals surface area contributed by atoms with Gasteiger partial charge in [-0.1, -0.05) is 158 Å². The van der Waals surface area contributed by atoms with Gasteiger partial charge >= 0.3 is 17.5 Å². The minimum Gasteiger partial charge on any atom is -0.461 e. The van der Waals surface area contributed by atoms with Crippen LogP contribution in [-0.2, 0) is 58.3 Å². The Labute approximate surface area is 370 Å². The molecule has 0 aromatic heterocycles. The Morgan fingerprint density at radius 1 is 0.524 bits per heavy atom. The van der Waals surface area contributed by atoms with E-state index < -0.39 is 23.3 Å². The van der Waals surface area contributed by atoms with Crippen molar-refractivity contribution in [2.45, 2.75) is 39.3 Å². The number of nitrogens with two attached hydrogens (primary N) is 1. The van der Waals surface area contributed by atoms with Crippen LogP contribution in [0.2, 0.25) is 0 Å². The van der Waals surface area contributed by atoms with E-state index in [0.717, 1.165) is 27.8 Å². The topological polar surface area (TPSA) is 120 Å². The molecule has 0 radical (unpaired) electrons. The van der Waals surface area contributed by atoms with Gasteiger partial charge in [0.15, 0.2) is 0 Å². The molecule has 0 spiro atoms. The van der Waals surface area contributed by atoms with E-state index in [1.807, 2.05) is 152 Å². The number of nitrogen functional groups attached to an aromatic ring is 1. The zero-order valence-corrected chi connectivity index (χ0v) is 35.0. The summed E-state index contributed by atoms with van der Waals surface area (Å²) in [4.78, 5) is 36.7. The Morgan fingerprint density at radius 3 is 1.49 bits per heavy atom. The zero-order valence-electron chi connectivity index (χ0n) is 34.2. The fraction of sp³-hybridized carbons (Fsp3) is 0.118. The van der Waals surface area contributed by atoms with E-state index in [1.54, 1.807) is 18.2 Å². The van der Waals surface area contributed by atoms with Gasteiger partial charge < -0.3 is 25.3 Å². The molecule has 0 saturated carbocycles. The van der Waals surface area contributed by atoms with Gasteiger partial charge in [-0.2, -0.15) is 0 Å². The van der Waals surface area contributed by atoms with Gasteiger partial charge in [0.1, 0.15) is 31.5 Å². The maximum Gasteiger partial charge on any atom is 0.415 e. The molecule has 7 aromatic carbocycles. The summed E-state index contributed by atoms with van der Waals surface area (Å²) in [6, 6.07) is 56.1. The molecule has 12 heteroatoms. The SMILES string of the molecule is Nc1ccc(NCc2ccccc2)c(F)c1.O=C(Cc1ccc(N(Cc2ccccc2)C(=O)OCc2ccccc2)c(F)c1)OCc1ccccc1.O=C(Cl)OCc1ccccc1. The number of benzene rings is 7. The van der Waals surface area contributed by atoms with Crippen molar-refractivity contribution in [2.75, 3.05) is 16.0 Å². The van der Waals surface area contributed by atoms with E-state index in [-0.39, 0.29) is 44.3 Å². The van der Waals surface area contributed by atoms with Crippen LogP contribution in [0.3, 0.4) is 0 Å². The highest BCUT2D eigenvalue weighted by Crippen LogP contribution is 2.25. The van der Waals surface area contributed by atoms with Gasteiger partial charge in [0.25, 0.3) is 0 Å². The lowest BCUT2D eigenvalue weighted by Crippen LogP contribution is -2.31. The molecule has 0 aliphatic carbocycles. The third-order valence-electron chi connectivity index (χ3n) is 9.02. The predicted octanol–water partition coefficient (Wildman–Crippen LogP) is 12.0. The van der Waals surface area contributed by atoms with Gasteiger partial charge in [-0.25, -0.2) is 18.4 Å². The van der Waals surface area contributed by atoms with Crippen molar-refractivity contribution in [3.05, 3.63) is 233 Å². The summed E-state index contributed by atoms with van der Waals surface area (Å²) in [6.07, 6.45) is -0.752. The number of ether oxygens (including phenoxy) is 3. The number of halogens is 3. The molecule has 0 unspecified atom stereocenters. The van der Waals surface area contributed by atoms with Crippen LogP contribution in [0.5, 0.6) is 0 Å². The third-order valence-corrected chi connectivity index (χ3v) is 9.13. The number of anilines is 3. The quantitative estimate of drug-likeness (QED) is 0.0480. The zero-order chi connectivity index (χ0) is 44.7. The summed E-state index contributed by atoms with van der Waals surface area (Å²) in [5, 5.41) is 3.03. The van der Waals surface area contributed by atoms with E-state index in [0.29, 0.717) is 23.5 Å². The van der Waals surface area contributed by atoms with E-state index in [1.165, 1.54) is 23.1 Å². The lowest BCUT2D eigenvalue weighted by atomic mass is 10.1. The summed E-state index contributed by atoms with van der Waals surface area (Å²) in [6.45, 7) is 1.19. The molecule has 7 rings (SSSR count). The molecular weight excluding hydrogens is 824 g/mol. The van der Waals surface area contributed by atoms with Crippen molar-refractivity contribution in [3.8, 4) is 0 Å². The van der Waals surface area contributed by atoms with Crippen LogP contribution in [0.4, 0.5) is 35.4 Å². The van der Waals surface area contributed by atoms with Gasteiger partial charge in [0.05, 0.1) is 24.3 Å². The second-order valence-electron chi connectivity index (χ2n) is 13.8. The van der Waals surface area contributed by atoms with Crippen LogP contribution < -0.4 is 16.0 Å². The number of carbonyl (C=O) groups excluding carboxylic acids is 3. The van der Waals surface area contributed by atoms with Gasteiger partial charge in [-0.05, 0) is 63.7 Å². The maximum absolute atomic E-state index is 15.2. The van der Waals surface area contributed by atoms with Crippen LogP contribution in [0.1, 0.15) is 33.4 Å². The largest absolute Gasteiger partial charge is 0.461 e. The number of nitrogens with zero attached hydrogens (tertiary/aromatic N) is 1. The highest BCUT2D eigenvalue weighted by atomic mass is 35.5. The molecule has 0 heterocycles. The highest BCUT2D eigenvalue weighted by molar-refractivity contribution is 6.61. The van der Waals surface area contributed by atoms with Gasteiger partial charge in [-0.15, -0.1) is 0 Å². The molecule has 0 bridgehead atoms. The van der Waals surface area contributed by atoms with E-state index >= 15 is 4.39 Å². The normalized spacial score (nSPS) is 10.1. The van der Waals surface area contributed by atoms with Crippen molar-refractivity contribution in [1.29, 1.82) is 0 Å². The van der Waals surface area contributed by atoms with Crippen LogP contribution in [0, 0.1) is 11.6 Å². The standard InChI is InChI=1S/C30H26FNO4.C13H13FN2.C8H7ClO2/c31-27-18-26(19-29(33)35-21-24-12-6-2-7-13-24)16-17-28(27)32(20-23-10-4-1-5-11-23)30(34)36-22-25-14-8-3-9-15-25;14-12-8-11(15)6-7-13(12)16-9-10-4-2-1-3-5-10;9-8(10)11-6-7-4-2-1-3-5-7/h1-18H,19-22H2;1-8,16H,9,15H2;1-5H,6H2. The first kappa shape index (κ1) is 46.6. The summed E-state index contributed by atoms with van der Waals surface area (Å²) in [7, 11) is 0. The molecule has 0 atom stereocenters. The molecule has 63 heavy (non-hydrogen) atoms. The third kappa shape index (κ3) is 16.8. The predicted molar refractivity (Wildman–Crippen MR) is 243 cm³/mol. The van der Waals surface area contributed by atoms with Crippen molar-refractivity contribution < 1.29 is 37.4 Å². The minimum atomic E-state index is -0.770. The van der Waals surface area contributed by atoms with Crippen LogP contribution in [0.15, 0.2) is 188 Å². The maximum atomic E-state index is 15.2. The first-order valence-electron chi connectivity index (χ1n) is 19.8. The molecule has 3 N–H and O–H groups in total. The second kappa shape index (κ2) is 25.3. The Hall–Kier alpha value is -7.50. The van der Waals surface area contributed by atoms with Crippen molar-refractivity contribution in [3.63, 3.8) is 0 Å². The molecule has 0 aliphatic rings. The summed E-state index contributed by atoms with van der Waals surface area (Å²) < 4.78 is 44.0. The number of carbonyl (C=O) groups is 3. The molecule has 0 fully saturated rings. The Bertz CT molecular complexity index is 2470. The van der Waals surface area contributed by atoms with E-state index in [4.69, 9.17) is 26.8 Å². The second-order valence-corrected chi connectivity index (χ2v) is 14.1. The molecule has 0 aliphatic heterocycles. The number of hydrogen-bond donors (Lipinski definition) is 2. The molecule has 7 aromatic rings.